The van der Waals surface area contributed by atoms with E-state index in [0.29, 0.717) is 24.5 Å². The molecule has 0 bridgehead atoms. The number of nitrogens with one attached hydrogen (secondary N) is 1. The third kappa shape index (κ3) is 5.68. The van der Waals surface area contributed by atoms with E-state index in [2.05, 4.69) is 5.32 Å². The van der Waals surface area contributed by atoms with Crippen LogP contribution in [0.3, 0.4) is 0 Å². The number of nitrogens with two attached hydrogens (primary N) is 1. The van der Waals surface area contributed by atoms with Crippen molar-refractivity contribution in [3.05, 3.63) is 24.3 Å². The zero-order valence-electron chi connectivity index (χ0n) is 11.2. The van der Waals surface area contributed by atoms with Gasteiger partial charge in [0, 0.05) is 25.5 Å². The summed E-state index contributed by atoms with van der Waals surface area (Å²) in [5.41, 5.74) is 6.18. The maximum absolute atomic E-state index is 11.8. The van der Waals surface area contributed by atoms with Gasteiger partial charge in [-0.3, -0.25) is 4.79 Å². The van der Waals surface area contributed by atoms with Crippen molar-refractivity contribution in [3.63, 3.8) is 0 Å². The lowest BCUT2D eigenvalue weighted by Gasteiger charge is -2.12. The topological polar surface area (TPSA) is 111 Å². The number of carbonyl (C=O) groups is 2. The van der Waals surface area contributed by atoms with Crippen LogP contribution >= 0.6 is 0 Å². The highest BCUT2D eigenvalue weighted by Gasteiger charge is 2.13. The van der Waals surface area contributed by atoms with Gasteiger partial charge in [0.1, 0.15) is 5.75 Å². The molecule has 1 amide bonds. The van der Waals surface area contributed by atoms with E-state index in [9.17, 15) is 9.59 Å². The molecule has 4 N–H and O–H groups in total. The summed E-state index contributed by atoms with van der Waals surface area (Å²) in [7, 11) is 1.54. The van der Waals surface area contributed by atoms with Gasteiger partial charge in [-0.25, -0.2) is 4.79 Å². The van der Waals surface area contributed by atoms with Gasteiger partial charge in [-0.15, -0.1) is 0 Å². The van der Waals surface area contributed by atoms with Crippen LogP contribution in [0, 0.1) is 0 Å². The molecule has 0 saturated heterocycles. The average Bonchev–Trinajstić information content (AvgIpc) is 2.42. The van der Waals surface area contributed by atoms with Crippen LogP contribution in [-0.2, 0) is 14.3 Å². The molecule has 0 spiro atoms. The van der Waals surface area contributed by atoms with E-state index in [1.807, 2.05) is 0 Å². The molecule has 0 fully saturated rings. The highest BCUT2D eigenvalue weighted by Crippen LogP contribution is 2.17. The third-order valence-electron chi connectivity index (χ3n) is 2.43. The molecule has 20 heavy (non-hydrogen) atoms. The number of hydrogen-bond donors (Lipinski definition) is 3. The molecule has 0 aliphatic carbocycles. The van der Waals surface area contributed by atoms with E-state index in [4.69, 9.17) is 20.3 Å². The zero-order chi connectivity index (χ0) is 15.0. The molecule has 110 valence electrons. The SMILES string of the molecule is COCCC(N)C(=O)Nc1cccc(OCC(=O)O)c1. The van der Waals surface area contributed by atoms with E-state index in [0.717, 1.165) is 0 Å². The number of ether oxygens (including phenoxy) is 2. The first-order valence-electron chi connectivity index (χ1n) is 6.03. The smallest absolute Gasteiger partial charge is 0.341 e. The van der Waals surface area contributed by atoms with Gasteiger partial charge < -0.3 is 25.6 Å². The Hall–Kier alpha value is -2.12. The van der Waals surface area contributed by atoms with E-state index < -0.39 is 18.6 Å². The van der Waals surface area contributed by atoms with Crippen molar-refractivity contribution >= 4 is 17.6 Å². The fourth-order valence-electron chi connectivity index (χ4n) is 1.42. The monoisotopic (exact) mass is 282 g/mol. The summed E-state index contributed by atoms with van der Waals surface area (Å²) in [6.07, 6.45) is 0.414. The van der Waals surface area contributed by atoms with Gasteiger partial charge in [-0.05, 0) is 18.6 Å². The lowest BCUT2D eigenvalue weighted by Crippen LogP contribution is -2.36. The minimum absolute atomic E-state index is 0.336. The van der Waals surface area contributed by atoms with Gasteiger partial charge in [-0.1, -0.05) is 6.07 Å². The highest BCUT2D eigenvalue weighted by atomic mass is 16.5. The van der Waals surface area contributed by atoms with Crippen LogP contribution in [0.1, 0.15) is 6.42 Å². The second-order valence-electron chi connectivity index (χ2n) is 4.09. The number of benzene rings is 1. The van der Waals surface area contributed by atoms with Crippen LogP contribution in [-0.4, -0.2) is 43.3 Å². The summed E-state index contributed by atoms with van der Waals surface area (Å²) < 4.78 is 9.86. The normalized spacial score (nSPS) is 11.7. The molecule has 1 aromatic carbocycles. The molecule has 0 saturated carbocycles. The Morgan fingerprint density at radius 3 is 2.85 bits per heavy atom. The maximum Gasteiger partial charge on any atom is 0.341 e. The fraction of sp³-hybridized carbons (Fsp3) is 0.385. The van der Waals surface area contributed by atoms with Crippen LogP contribution in [0.25, 0.3) is 0 Å². The second-order valence-corrected chi connectivity index (χ2v) is 4.09. The summed E-state index contributed by atoms with van der Waals surface area (Å²) in [6, 6.07) is 5.77. The van der Waals surface area contributed by atoms with Gasteiger partial charge in [0.25, 0.3) is 0 Å². The number of rotatable bonds is 8. The Morgan fingerprint density at radius 1 is 1.45 bits per heavy atom. The van der Waals surface area contributed by atoms with Crippen molar-refractivity contribution in [2.24, 2.45) is 5.73 Å². The van der Waals surface area contributed by atoms with Crippen molar-refractivity contribution < 1.29 is 24.2 Å². The van der Waals surface area contributed by atoms with Gasteiger partial charge >= 0.3 is 5.97 Å². The number of anilines is 1. The largest absolute Gasteiger partial charge is 0.482 e. The quantitative estimate of drug-likeness (QED) is 0.638. The molecule has 0 aliphatic rings. The predicted molar refractivity (Wildman–Crippen MR) is 72.7 cm³/mol. The maximum atomic E-state index is 11.8. The van der Waals surface area contributed by atoms with Crippen molar-refractivity contribution in [1.82, 2.24) is 0 Å². The molecule has 0 aliphatic heterocycles. The van der Waals surface area contributed by atoms with Crippen molar-refractivity contribution in [1.29, 1.82) is 0 Å². The standard InChI is InChI=1S/C13H18N2O5/c1-19-6-5-11(14)13(18)15-9-3-2-4-10(7-9)20-8-12(16)17/h2-4,7,11H,5-6,8,14H2,1H3,(H,15,18)(H,16,17). The highest BCUT2D eigenvalue weighted by molar-refractivity contribution is 5.94. The molecular weight excluding hydrogens is 264 g/mol. The minimum Gasteiger partial charge on any atom is -0.482 e. The first-order chi connectivity index (χ1) is 9.52. The number of hydrogen-bond acceptors (Lipinski definition) is 5. The Balaban J connectivity index is 2.56. The van der Waals surface area contributed by atoms with Crippen LogP contribution < -0.4 is 15.8 Å². The van der Waals surface area contributed by atoms with Crippen LogP contribution in [0.4, 0.5) is 5.69 Å². The van der Waals surface area contributed by atoms with Gasteiger partial charge in [0.15, 0.2) is 6.61 Å². The predicted octanol–water partition coefficient (Wildman–Crippen LogP) is 0.452. The Kier molecular flexibility index (Phi) is 6.48. The van der Waals surface area contributed by atoms with Crippen molar-refractivity contribution in [3.8, 4) is 5.75 Å². The molecule has 0 aromatic heterocycles. The molecule has 1 aromatic rings. The fourth-order valence-corrected chi connectivity index (χ4v) is 1.42. The Bertz CT molecular complexity index is 464. The number of amides is 1. The first kappa shape index (κ1) is 15.9. The summed E-state index contributed by atoms with van der Waals surface area (Å²) in [5.74, 6) is -1.05. The summed E-state index contributed by atoms with van der Waals surface area (Å²) in [5, 5.41) is 11.2. The number of methoxy groups -OCH3 is 1. The van der Waals surface area contributed by atoms with Crippen LogP contribution in [0.15, 0.2) is 24.3 Å². The van der Waals surface area contributed by atoms with Gasteiger partial charge in [-0.2, -0.15) is 0 Å². The molecule has 1 rings (SSSR count). The van der Waals surface area contributed by atoms with Gasteiger partial charge in [0.05, 0.1) is 6.04 Å². The molecule has 1 unspecified atom stereocenters. The summed E-state index contributed by atoms with van der Waals surface area (Å²) in [6.45, 7) is -0.0406. The van der Waals surface area contributed by atoms with Crippen molar-refractivity contribution in [2.75, 3.05) is 25.6 Å². The van der Waals surface area contributed by atoms with E-state index in [1.54, 1.807) is 18.2 Å². The number of aliphatic carboxylic acids is 1. The summed E-state index contributed by atoms with van der Waals surface area (Å²) >= 11 is 0. The minimum atomic E-state index is -1.07. The third-order valence-corrected chi connectivity index (χ3v) is 2.43. The van der Waals surface area contributed by atoms with E-state index in [-0.39, 0.29) is 5.91 Å². The Morgan fingerprint density at radius 2 is 2.20 bits per heavy atom. The Labute approximate surface area is 116 Å². The molecule has 7 nitrogen and oxygen atoms in total. The molecule has 0 heterocycles. The van der Waals surface area contributed by atoms with E-state index in [1.165, 1.54) is 13.2 Å². The van der Waals surface area contributed by atoms with Gasteiger partial charge in [0.2, 0.25) is 5.91 Å². The second kappa shape index (κ2) is 8.13. The van der Waals surface area contributed by atoms with E-state index >= 15 is 0 Å². The number of carbonyl (C=O) groups excluding carboxylic acids is 1. The molecule has 7 heteroatoms. The summed E-state index contributed by atoms with van der Waals surface area (Å²) in [4.78, 5) is 22.2. The lowest BCUT2D eigenvalue weighted by atomic mass is 10.2. The van der Waals surface area contributed by atoms with Crippen molar-refractivity contribution in [2.45, 2.75) is 12.5 Å². The molecule has 1 atom stereocenters. The lowest BCUT2D eigenvalue weighted by molar-refractivity contribution is -0.139. The zero-order valence-corrected chi connectivity index (χ0v) is 11.2. The van der Waals surface area contributed by atoms with Crippen LogP contribution in [0.2, 0.25) is 0 Å². The van der Waals surface area contributed by atoms with Crippen LogP contribution in [0.5, 0.6) is 5.75 Å². The number of carboxylic acids is 1. The molecule has 0 radical (unpaired) electrons. The number of carboxylic acid groups (broad SMARTS) is 1. The molecular formula is C13H18N2O5. The first-order valence-corrected chi connectivity index (χ1v) is 6.03. The average molecular weight is 282 g/mol.